The Morgan fingerprint density at radius 2 is 1.61 bits per heavy atom. The molecule has 0 aliphatic carbocycles. The van der Waals surface area contributed by atoms with Gasteiger partial charge in [0.2, 0.25) is 0 Å². The van der Waals surface area contributed by atoms with Crippen LogP contribution in [0.3, 0.4) is 0 Å². The fourth-order valence-electron chi connectivity index (χ4n) is 0.914. The van der Waals surface area contributed by atoms with Crippen LogP contribution < -0.4 is 0 Å². The highest BCUT2D eigenvalue weighted by molar-refractivity contribution is 8.13. The fraction of sp³-hybridized carbons (Fsp3) is 0.889. The molecule has 0 spiro atoms. The van der Waals surface area contributed by atoms with Crippen LogP contribution in [0.1, 0.15) is 19.8 Å². The second-order valence-corrected chi connectivity index (χ2v) is 4.53. The summed E-state index contributed by atoms with van der Waals surface area (Å²) in [5.74, 6) is -11.7. The van der Waals surface area contributed by atoms with Crippen LogP contribution in [0.2, 0.25) is 0 Å². The van der Waals surface area contributed by atoms with Crippen molar-refractivity contribution < 1.29 is 35.5 Å². The minimum Gasteiger partial charge on any atom is -0.287 e. The number of carbonyl (C=O) groups excluding carboxylic acids is 1. The normalized spacial score (nSPS) is 14.9. The summed E-state index contributed by atoms with van der Waals surface area (Å²) in [7, 11) is 0. The molecule has 0 saturated heterocycles. The van der Waals surface area contributed by atoms with Crippen LogP contribution in [0.5, 0.6) is 0 Å². The van der Waals surface area contributed by atoms with Gasteiger partial charge in [-0.15, -0.1) is 0 Å². The molecule has 0 fully saturated rings. The fourth-order valence-corrected chi connectivity index (χ4v) is 1.67. The summed E-state index contributed by atoms with van der Waals surface area (Å²) in [6, 6.07) is 0. The lowest BCUT2D eigenvalue weighted by molar-refractivity contribution is -0.285. The second-order valence-electron chi connectivity index (χ2n) is 3.38. The quantitative estimate of drug-likeness (QED) is 0.663. The van der Waals surface area contributed by atoms with Gasteiger partial charge in [0.25, 0.3) is 0 Å². The van der Waals surface area contributed by atoms with Crippen molar-refractivity contribution in [3.63, 3.8) is 0 Å². The summed E-state index contributed by atoms with van der Waals surface area (Å²) < 4.78 is 86.7. The summed E-state index contributed by atoms with van der Waals surface area (Å²) in [6.07, 6.45) is -9.12. The van der Waals surface area contributed by atoms with Crippen molar-refractivity contribution in [1.29, 1.82) is 0 Å². The van der Waals surface area contributed by atoms with E-state index in [1.807, 2.05) is 0 Å². The summed E-state index contributed by atoms with van der Waals surface area (Å²) in [5.41, 5.74) is 0. The number of alkyl halides is 7. The van der Waals surface area contributed by atoms with Crippen molar-refractivity contribution in [2.75, 3.05) is 5.75 Å². The Hall–Kier alpha value is -0.470. The summed E-state index contributed by atoms with van der Waals surface area (Å²) in [5, 5.41) is -0.425. The van der Waals surface area contributed by atoms with E-state index in [-0.39, 0.29) is 6.42 Å². The Balaban J connectivity index is 4.48. The molecule has 0 heterocycles. The van der Waals surface area contributed by atoms with Gasteiger partial charge in [0.05, 0.1) is 0 Å². The Labute approximate surface area is 103 Å². The highest BCUT2D eigenvalue weighted by Gasteiger charge is 2.66. The molecule has 0 aliphatic heterocycles. The van der Waals surface area contributed by atoms with Crippen LogP contribution in [0.4, 0.5) is 30.7 Å². The Morgan fingerprint density at radius 3 is 2.00 bits per heavy atom. The highest BCUT2D eigenvalue weighted by atomic mass is 32.2. The molecular weight excluding hydrogens is 289 g/mol. The molecule has 18 heavy (non-hydrogen) atoms. The van der Waals surface area contributed by atoms with Gasteiger partial charge in [-0.2, -0.15) is 17.6 Å². The molecule has 1 unspecified atom stereocenters. The summed E-state index contributed by atoms with van der Waals surface area (Å²) in [6.45, 7) is 1.47. The molecular formula is C9H11F7OS. The van der Waals surface area contributed by atoms with Crippen LogP contribution in [0.15, 0.2) is 0 Å². The molecule has 1 nitrogen and oxygen atoms in total. The minimum atomic E-state index is -5.73. The lowest BCUT2D eigenvalue weighted by Gasteiger charge is -2.28. The third-order valence-corrected chi connectivity index (χ3v) is 3.09. The van der Waals surface area contributed by atoms with Gasteiger partial charge in [0.1, 0.15) is 0 Å². The number of rotatable bonds is 7. The van der Waals surface area contributed by atoms with E-state index < -0.39 is 41.7 Å². The summed E-state index contributed by atoms with van der Waals surface area (Å²) >= 11 is 0.495. The lowest BCUT2D eigenvalue weighted by atomic mass is 10.1. The topological polar surface area (TPSA) is 17.1 Å². The molecule has 0 N–H and O–H groups in total. The lowest BCUT2D eigenvalue weighted by Crippen LogP contribution is -2.52. The zero-order chi connectivity index (χ0) is 14.6. The van der Waals surface area contributed by atoms with E-state index in [0.29, 0.717) is 11.8 Å². The van der Waals surface area contributed by atoms with Crippen molar-refractivity contribution in [3.8, 4) is 0 Å². The van der Waals surface area contributed by atoms with E-state index in [9.17, 15) is 35.5 Å². The molecule has 0 aromatic carbocycles. The van der Waals surface area contributed by atoms with Gasteiger partial charge in [-0.25, -0.2) is 13.2 Å². The Kier molecular flexibility index (Phi) is 6.45. The third-order valence-electron chi connectivity index (χ3n) is 2.03. The first-order chi connectivity index (χ1) is 8.07. The maximum atomic E-state index is 12.9. The number of hydrogen-bond donors (Lipinski definition) is 0. The van der Waals surface area contributed by atoms with Crippen molar-refractivity contribution in [3.05, 3.63) is 0 Å². The first kappa shape index (κ1) is 17.5. The van der Waals surface area contributed by atoms with E-state index in [1.165, 1.54) is 6.92 Å². The van der Waals surface area contributed by atoms with Crippen molar-refractivity contribution in [2.45, 2.75) is 44.2 Å². The van der Waals surface area contributed by atoms with E-state index >= 15 is 0 Å². The predicted octanol–water partition coefficient (Wildman–Crippen LogP) is 3.92. The van der Waals surface area contributed by atoms with Gasteiger partial charge in [0.15, 0.2) is 11.3 Å². The van der Waals surface area contributed by atoms with E-state index in [2.05, 4.69) is 0 Å². The van der Waals surface area contributed by atoms with Crippen LogP contribution >= 0.6 is 11.8 Å². The van der Waals surface area contributed by atoms with Gasteiger partial charge in [-0.3, -0.25) is 4.79 Å². The number of halogens is 7. The van der Waals surface area contributed by atoms with Crippen molar-refractivity contribution in [2.24, 2.45) is 0 Å². The first-order valence-electron chi connectivity index (χ1n) is 4.90. The monoisotopic (exact) mass is 300 g/mol. The molecule has 9 heteroatoms. The Morgan fingerprint density at radius 1 is 1.11 bits per heavy atom. The van der Waals surface area contributed by atoms with Gasteiger partial charge >= 0.3 is 18.3 Å². The zero-order valence-corrected chi connectivity index (χ0v) is 10.1. The molecule has 108 valence electrons. The van der Waals surface area contributed by atoms with Crippen molar-refractivity contribution in [1.82, 2.24) is 0 Å². The standard InChI is InChI=1S/C9H11F7OS/c1-2-6(17)18-4-3-5(10)8(13,14)9(15,16)7(11)12/h5,7H,2-4H2,1H3. The molecule has 1 atom stereocenters. The summed E-state index contributed by atoms with van der Waals surface area (Å²) in [4.78, 5) is 10.7. The molecule has 0 radical (unpaired) electrons. The number of carbonyl (C=O) groups is 1. The van der Waals surface area contributed by atoms with Gasteiger partial charge in [-0.1, -0.05) is 18.7 Å². The average molecular weight is 300 g/mol. The van der Waals surface area contributed by atoms with Crippen LogP contribution in [-0.4, -0.2) is 35.3 Å². The van der Waals surface area contributed by atoms with Crippen LogP contribution in [0.25, 0.3) is 0 Å². The van der Waals surface area contributed by atoms with Gasteiger partial charge in [-0.05, 0) is 6.42 Å². The minimum absolute atomic E-state index is 0.0746. The highest BCUT2D eigenvalue weighted by Crippen LogP contribution is 2.43. The SMILES string of the molecule is CCC(=O)SCCC(F)C(F)(F)C(F)(F)C(F)F. The van der Waals surface area contributed by atoms with Crippen LogP contribution in [0, 0.1) is 0 Å². The van der Waals surface area contributed by atoms with Gasteiger partial charge in [0, 0.05) is 12.2 Å². The smallest absolute Gasteiger partial charge is 0.287 e. The maximum Gasteiger partial charge on any atom is 0.372 e. The van der Waals surface area contributed by atoms with Gasteiger partial charge < -0.3 is 0 Å². The van der Waals surface area contributed by atoms with Crippen molar-refractivity contribution >= 4 is 16.9 Å². The van der Waals surface area contributed by atoms with E-state index in [0.717, 1.165) is 0 Å². The molecule has 0 aromatic rings. The predicted molar refractivity (Wildman–Crippen MR) is 53.2 cm³/mol. The molecule has 0 amide bonds. The molecule has 0 saturated carbocycles. The molecule has 0 aliphatic rings. The van der Waals surface area contributed by atoms with E-state index in [4.69, 9.17) is 0 Å². The number of thioether (sulfide) groups is 1. The number of hydrogen-bond acceptors (Lipinski definition) is 2. The zero-order valence-electron chi connectivity index (χ0n) is 9.24. The Bertz CT molecular complexity index is 282. The largest absolute Gasteiger partial charge is 0.372 e. The van der Waals surface area contributed by atoms with E-state index in [1.54, 1.807) is 0 Å². The molecule has 0 bridgehead atoms. The molecule has 0 rings (SSSR count). The average Bonchev–Trinajstić information content (AvgIpc) is 2.27. The maximum absolute atomic E-state index is 12.9. The molecule has 0 aromatic heterocycles. The third kappa shape index (κ3) is 4.03. The second kappa shape index (κ2) is 6.63. The van der Waals surface area contributed by atoms with Crippen LogP contribution in [-0.2, 0) is 4.79 Å². The first-order valence-corrected chi connectivity index (χ1v) is 5.89.